The molecule has 2 aromatic rings. The van der Waals surface area contributed by atoms with E-state index in [9.17, 15) is 4.79 Å². The summed E-state index contributed by atoms with van der Waals surface area (Å²) < 4.78 is 1.50. The number of hydrogen-bond acceptors (Lipinski definition) is 6. The molecule has 2 heterocycles. The standard InChI is InChI=1S/C11H14N6O2/c1-7(2)9(5-10(18)19)17-11(14-15-16-17)8-6-12-3-4-13-8/h3-4,6-7,9H,5H2,1-2H3,(H,18,19). The molecule has 0 aromatic carbocycles. The molecule has 0 aliphatic rings. The van der Waals surface area contributed by atoms with Crippen molar-refractivity contribution < 1.29 is 9.90 Å². The Bertz CT molecular complexity index is 553. The molecule has 19 heavy (non-hydrogen) atoms. The zero-order chi connectivity index (χ0) is 13.8. The quantitative estimate of drug-likeness (QED) is 0.849. The molecule has 0 radical (unpaired) electrons. The molecule has 2 rings (SSSR count). The highest BCUT2D eigenvalue weighted by atomic mass is 16.4. The van der Waals surface area contributed by atoms with Gasteiger partial charge in [0.1, 0.15) is 5.69 Å². The van der Waals surface area contributed by atoms with Crippen LogP contribution in [0.4, 0.5) is 0 Å². The van der Waals surface area contributed by atoms with Crippen LogP contribution in [0.2, 0.25) is 0 Å². The van der Waals surface area contributed by atoms with Crippen LogP contribution in [0.5, 0.6) is 0 Å². The summed E-state index contributed by atoms with van der Waals surface area (Å²) >= 11 is 0. The maximum Gasteiger partial charge on any atom is 0.305 e. The fraction of sp³-hybridized carbons (Fsp3) is 0.455. The monoisotopic (exact) mass is 262 g/mol. The minimum atomic E-state index is -0.890. The Hall–Kier alpha value is -2.38. The third-order valence-electron chi connectivity index (χ3n) is 2.75. The number of rotatable bonds is 5. The predicted molar refractivity (Wildman–Crippen MR) is 65.0 cm³/mol. The SMILES string of the molecule is CC(C)C(CC(=O)O)n1nnnc1-c1cnccn1. The lowest BCUT2D eigenvalue weighted by molar-refractivity contribution is -0.138. The zero-order valence-electron chi connectivity index (χ0n) is 10.6. The van der Waals surface area contributed by atoms with Gasteiger partial charge in [-0.2, -0.15) is 0 Å². The average Bonchev–Trinajstić information content (AvgIpc) is 2.85. The fourth-order valence-electron chi connectivity index (χ4n) is 1.78. The highest BCUT2D eigenvalue weighted by Gasteiger charge is 2.24. The lowest BCUT2D eigenvalue weighted by Gasteiger charge is -2.19. The number of carbonyl (C=O) groups is 1. The summed E-state index contributed by atoms with van der Waals surface area (Å²) in [7, 11) is 0. The summed E-state index contributed by atoms with van der Waals surface area (Å²) in [5, 5.41) is 20.4. The minimum absolute atomic E-state index is 0.0457. The Morgan fingerprint density at radius 3 is 2.79 bits per heavy atom. The van der Waals surface area contributed by atoms with Crippen molar-refractivity contribution in [1.82, 2.24) is 30.2 Å². The second kappa shape index (κ2) is 5.51. The number of carboxylic acid groups (broad SMARTS) is 1. The van der Waals surface area contributed by atoms with Gasteiger partial charge in [-0.05, 0) is 16.3 Å². The Morgan fingerprint density at radius 2 is 2.21 bits per heavy atom. The van der Waals surface area contributed by atoms with Crippen molar-refractivity contribution in [2.45, 2.75) is 26.3 Å². The van der Waals surface area contributed by atoms with Crippen LogP contribution in [0.3, 0.4) is 0 Å². The fourth-order valence-corrected chi connectivity index (χ4v) is 1.78. The van der Waals surface area contributed by atoms with Gasteiger partial charge in [0.25, 0.3) is 0 Å². The van der Waals surface area contributed by atoms with Gasteiger partial charge in [-0.3, -0.25) is 9.78 Å². The van der Waals surface area contributed by atoms with Crippen molar-refractivity contribution in [3.8, 4) is 11.5 Å². The third kappa shape index (κ3) is 2.90. The Balaban J connectivity index is 2.39. The van der Waals surface area contributed by atoms with E-state index < -0.39 is 5.97 Å². The number of nitrogens with zero attached hydrogens (tertiary/aromatic N) is 6. The highest BCUT2D eigenvalue weighted by molar-refractivity contribution is 5.67. The van der Waals surface area contributed by atoms with Gasteiger partial charge >= 0.3 is 5.97 Å². The van der Waals surface area contributed by atoms with Gasteiger partial charge in [0, 0.05) is 12.4 Å². The Labute approximate surface area is 109 Å². The van der Waals surface area contributed by atoms with Gasteiger partial charge < -0.3 is 5.11 Å². The van der Waals surface area contributed by atoms with Crippen molar-refractivity contribution in [1.29, 1.82) is 0 Å². The van der Waals surface area contributed by atoms with Crippen LogP contribution < -0.4 is 0 Å². The van der Waals surface area contributed by atoms with Crippen LogP contribution in [0, 0.1) is 5.92 Å². The predicted octanol–water partition coefficient (Wildman–Crippen LogP) is 0.802. The van der Waals surface area contributed by atoms with Crippen LogP contribution >= 0.6 is 0 Å². The lowest BCUT2D eigenvalue weighted by Crippen LogP contribution is -2.21. The number of aromatic nitrogens is 6. The molecule has 1 atom stereocenters. The first-order valence-corrected chi connectivity index (χ1v) is 5.85. The molecule has 0 spiro atoms. The van der Waals surface area contributed by atoms with Crippen LogP contribution in [0.1, 0.15) is 26.3 Å². The first-order valence-electron chi connectivity index (χ1n) is 5.85. The van der Waals surface area contributed by atoms with E-state index in [0.29, 0.717) is 11.5 Å². The molecule has 0 aliphatic heterocycles. The molecule has 1 N–H and O–H groups in total. The summed E-state index contributed by atoms with van der Waals surface area (Å²) in [5.74, 6) is -0.387. The molecule has 8 heteroatoms. The summed E-state index contributed by atoms with van der Waals surface area (Å²) in [6.07, 6.45) is 4.58. The van der Waals surface area contributed by atoms with Gasteiger partial charge in [-0.1, -0.05) is 13.8 Å². The molecule has 0 saturated carbocycles. The maximum absolute atomic E-state index is 10.9. The van der Waals surface area contributed by atoms with E-state index in [1.165, 1.54) is 10.9 Å². The van der Waals surface area contributed by atoms with Gasteiger partial charge in [0.05, 0.1) is 18.7 Å². The Morgan fingerprint density at radius 1 is 1.42 bits per heavy atom. The molecule has 100 valence electrons. The van der Waals surface area contributed by atoms with E-state index in [1.807, 2.05) is 13.8 Å². The van der Waals surface area contributed by atoms with Crippen LogP contribution in [-0.4, -0.2) is 41.3 Å². The summed E-state index contributed by atoms with van der Waals surface area (Å²) in [5.41, 5.74) is 0.517. The summed E-state index contributed by atoms with van der Waals surface area (Å²) in [6, 6.07) is -0.329. The van der Waals surface area contributed by atoms with E-state index in [4.69, 9.17) is 5.11 Å². The molecule has 0 amide bonds. The van der Waals surface area contributed by atoms with E-state index in [0.717, 1.165) is 0 Å². The second-order valence-corrected chi connectivity index (χ2v) is 4.45. The topological polar surface area (TPSA) is 107 Å². The van der Waals surface area contributed by atoms with E-state index >= 15 is 0 Å². The van der Waals surface area contributed by atoms with E-state index in [2.05, 4.69) is 25.5 Å². The average molecular weight is 262 g/mol. The maximum atomic E-state index is 10.9. The van der Waals surface area contributed by atoms with Gasteiger partial charge in [-0.15, -0.1) is 5.10 Å². The highest BCUT2D eigenvalue weighted by Crippen LogP contribution is 2.24. The zero-order valence-corrected chi connectivity index (χ0v) is 10.6. The molecular formula is C11H14N6O2. The van der Waals surface area contributed by atoms with Crippen LogP contribution in [-0.2, 0) is 4.79 Å². The van der Waals surface area contributed by atoms with Crippen molar-refractivity contribution in [3.63, 3.8) is 0 Å². The first-order chi connectivity index (χ1) is 9.09. The van der Waals surface area contributed by atoms with Gasteiger partial charge in [-0.25, -0.2) is 9.67 Å². The van der Waals surface area contributed by atoms with Gasteiger partial charge in [0.15, 0.2) is 0 Å². The van der Waals surface area contributed by atoms with E-state index in [1.54, 1.807) is 12.4 Å². The Kier molecular flexibility index (Phi) is 3.79. The number of tetrazole rings is 1. The molecule has 0 bridgehead atoms. The molecule has 0 aliphatic carbocycles. The van der Waals surface area contributed by atoms with Crippen molar-refractivity contribution in [2.75, 3.05) is 0 Å². The molecule has 0 saturated heterocycles. The van der Waals surface area contributed by atoms with Crippen molar-refractivity contribution in [3.05, 3.63) is 18.6 Å². The van der Waals surface area contributed by atoms with Crippen LogP contribution in [0.15, 0.2) is 18.6 Å². The summed E-state index contributed by atoms with van der Waals surface area (Å²) in [6.45, 7) is 3.85. The molecule has 1 unspecified atom stereocenters. The molecule has 0 fully saturated rings. The normalized spacial score (nSPS) is 12.6. The molecular weight excluding hydrogens is 248 g/mol. The lowest BCUT2D eigenvalue weighted by atomic mass is 10.0. The van der Waals surface area contributed by atoms with Crippen molar-refractivity contribution >= 4 is 5.97 Å². The first kappa shape index (κ1) is 13.1. The number of hydrogen-bond donors (Lipinski definition) is 1. The van der Waals surface area contributed by atoms with E-state index in [-0.39, 0.29) is 18.4 Å². The number of carboxylic acids is 1. The summed E-state index contributed by atoms with van der Waals surface area (Å²) in [4.78, 5) is 19.0. The van der Waals surface area contributed by atoms with Crippen LogP contribution in [0.25, 0.3) is 11.5 Å². The molecule has 8 nitrogen and oxygen atoms in total. The number of aliphatic carboxylic acids is 1. The third-order valence-corrected chi connectivity index (χ3v) is 2.75. The minimum Gasteiger partial charge on any atom is -0.481 e. The largest absolute Gasteiger partial charge is 0.481 e. The smallest absolute Gasteiger partial charge is 0.305 e. The van der Waals surface area contributed by atoms with Crippen molar-refractivity contribution in [2.24, 2.45) is 5.92 Å². The second-order valence-electron chi connectivity index (χ2n) is 4.45. The molecule has 2 aromatic heterocycles. The van der Waals surface area contributed by atoms with Gasteiger partial charge in [0.2, 0.25) is 5.82 Å².